The summed E-state index contributed by atoms with van der Waals surface area (Å²) in [5.41, 5.74) is 2.23. The molecule has 14 nitrogen and oxygen atoms in total. The molecule has 3 aromatic rings. The average molecular weight is 774 g/mol. The van der Waals surface area contributed by atoms with Crippen LogP contribution < -0.4 is 20.3 Å². The lowest BCUT2D eigenvalue weighted by Gasteiger charge is -2.33. The predicted octanol–water partition coefficient (Wildman–Crippen LogP) is 3.95. The van der Waals surface area contributed by atoms with E-state index < -0.39 is 21.6 Å². The number of hydrogen-bond donors (Lipinski definition) is 2. The van der Waals surface area contributed by atoms with Gasteiger partial charge in [-0.15, -0.1) is 0 Å². The molecule has 2 aromatic heterocycles. The number of nitrogens with zero attached hydrogens (tertiary/aromatic N) is 5. The molecule has 8 rings (SSSR count). The van der Waals surface area contributed by atoms with Crippen LogP contribution in [0.1, 0.15) is 60.3 Å². The fraction of sp³-hybridized carbons (Fsp3) is 0.571. The normalized spacial score (nSPS) is 22.2. The standard InChI is InChI=1S/C24H30N4O5S.C11H14ClN3O2S/c1-31-23(29)16-2-4-18(5-3-16)33-19-6-11-28(12-7-19)24-26-20-10-15-34(30)21(20)22(27-24)25-17-8-13-32-14-9-17;12-11-14-8-3-6-18(16)9(8)10(15-11)13-7-1-4-17-5-2-7/h2-5,17,19H,6-15H2,1H3,(H,25,26,27);7H,1-6H2,(H,13,14,15). The number of rotatable bonds is 8. The lowest BCUT2D eigenvalue weighted by atomic mass is 10.1. The molecule has 0 aliphatic carbocycles. The summed E-state index contributed by atoms with van der Waals surface area (Å²) in [6.07, 6.45) is 6.91. The topological polar surface area (TPSA) is 167 Å². The van der Waals surface area contributed by atoms with Gasteiger partial charge in [0.2, 0.25) is 11.2 Å². The van der Waals surface area contributed by atoms with E-state index in [1.54, 1.807) is 24.3 Å². The largest absolute Gasteiger partial charge is 0.490 e. The molecule has 0 amide bonds. The molecule has 1 aromatic carbocycles. The summed E-state index contributed by atoms with van der Waals surface area (Å²) >= 11 is 5.91. The first kappa shape index (κ1) is 36.9. The quantitative estimate of drug-likeness (QED) is 0.250. The van der Waals surface area contributed by atoms with Crippen LogP contribution in [-0.4, -0.2) is 111 Å². The van der Waals surface area contributed by atoms with Crippen LogP contribution in [0.25, 0.3) is 0 Å². The molecule has 3 fully saturated rings. The third kappa shape index (κ3) is 8.84. The van der Waals surface area contributed by atoms with Crippen molar-refractivity contribution in [1.29, 1.82) is 0 Å². The first-order valence-corrected chi connectivity index (χ1v) is 20.9. The second kappa shape index (κ2) is 17.1. The summed E-state index contributed by atoms with van der Waals surface area (Å²) < 4.78 is 46.2. The highest BCUT2D eigenvalue weighted by molar-refractivity contribution is 7.85. The van der Waals surface area contributed by atoms with Crippen LogP contribution in [0.3, 0.4) is 0 Å². The second-order valence-corrected chi connectivity index (χ2v) is 16.6. The highest BCUT2D eigenvalue weighted by Gasteiger charge is 2.31. The molecule has 0 bridgehead atoms. The van der Waals surface area contributed by atoms with Crippen molar-refractivity contribution < 1.29 is 32.2 Å². The van der Waals surface area contributed by atoms with Gasteiger partial charge in [0.15, 0.2) is 0 Å². The van der Waals surface area contributed by atoms with Gasteiger partial charge in [-0.05, 0) is 61.5 Å². The van der Waals surface area contributed by atoms with E-state index >= 15 is 0 Å². The first-order chi connectivity index (χ1) is 25.3. The van der Waals surface area contributed by atoms with E-state index in [4.69, 9.17) is 40.5 Å². The van der Waals surface area contributed by atoms with Crippen molar-refractivity contribution in [3.8, 4) is 5.75 Å². The van der Waals surface area contributed by atoms with Crippen molar-refractivity contribution in [3.63, 3.8) is 0 Å². The van der Waals surface area contributed by atoms with Crippen LogP contribution >= 0.6 is 11.6 Å². The van der Waals surface area contributed by atoms with Crippen LogP contribution in [0.5, 0.6) is 5.75 Å². The Hall–Kier alpha value is -3.44. The van der Waals surface area contributed by atoms with Crippen molar-refractivity contribution in [2.24, 2.45) is 0 Å². The summed E-state index contributed by atoms with van der Waals surface area (Å²) in [5, 5.41) is 7.11. The number of anilines is 3. The van der Waals surface area contributed by atoms with Crippen LogP contribution in [0, 0.1) is 0 Å². The number of aromatic nitrogens is 4. The Morgan fingerprint density at radius 3 is 1.88 bits per heavy atom. The number of aryl methyl sites for hydroxylation is 2. The zero-order valence-electron chi connectivity index (χ0n) is 29.1. The number of esters is 1. The maximum Gasteiger partial charge on any atom is 0.337 e. The van der Waals surface area contributed by atoms with Crippen LogP contribution in [0.2, 0.25) is 5.28 Å². The van der Waals surface area contributed by atoms with Gasteiger partial charge >= 0.3 is 5.97 Å². The molecule has 17 heteroatoms. The lowest BCUT2D eigenvalue weighted by Crippen LogP contribution is -2.39. The molecule has 0 saturated carbocycles. The van der Waals surface area contributed by atoms with Gasteiger partial charge in [0.25, 0.3) is 0 Å². The number of benzene rings is 1. The van der Waals surface area contributed by atoms with E-state index in [9.17, 15) is 13.2 Å². The molecule has 52 heavy (non-hydrogen) atoms. The van der Waals surface area contributed by atoms with Gasteiger partial charge in [0.05, 0.1) is 45.7 Å². The van der Waals surface area contributed by atoms with Crippen LogP contribution in [0.15, 0.2) is 34.1 Å². The average Bonchev–Trinajstić information content (AvgIpc) is 3.74. The van der Waals surface area contributed by atoms with E-state index in [-0.39, 0.29) is 23.4 Å². The molecule has 2 N–H and O–H groups in total. The summed E-state index contributed by atoms with van der Waals surface area (Å²) in [4.78, 5) is 33.3. The molecule has 5 aliphatic rings. The van der Waals surface area contributed by atoms with Gasteiger partial charge < -0.3 is 34.5 Å². The third-order valence-corrected chi connectivity index (χ3v) is 12.9. The van der Waals surface area contributed by atoms with E-state index in [2.05, 4.69) is 25.5 Å². The molecule has 0 spiro atoms. The van der Waals surface area contributed by atoms with Gasteiger partial charge in [-0.1, -0.05) is 0 Å². The zero-order chi connectivity index (χ0) is 36.0. The molecule has 280 valence electrons. The smallest absolute Gasteiger partial charge is 0.337 e. The molecule has 2 unspecified atom stereocenters. The maximum atomic E-state index is 12.6. The van der Waals surface area contributed by atoms with E-state index in [1.807, 2.05) is 0 Å². The van der Waals surface area contributed by atoms with Crippen molar-refractivity contribution >= 4 is 56.8 Å². The minimum Gasteiger partial charge on any atom is -0.490 e. The number of piperidine rings is 1. The fourth-order valence-corrected chi connectivity index (χ4v) is 9.73. The first-order valence-electron chi connectivity index (χ1n) is 17.9. The Morgan fingerprint density at radius 1 is 0.788 bits per heavy atom. The van der Waals surface area contributed by atoms with Gasteiger partial charge in [0, 0.05) is 88.8 Å². The maximum absolute atomic E-state index is 12.6. The summed E-state index contributed by atoms with van der Waals surface area (Å²) in [6, 6.07) is 7.62. The molecular weight excluding hydrogens is 730 g/mol. The van der Waals surface area contributed by atoms with Crippen molar-refractivity contribution in [3.05, 3.63) is 46.5 Å². The van der Waals surface area contributed by atoms with Gasteiger partial charge in [0.1, 0.15) is 33.3 Å². The predicted molar refractivity (Wildman–Crippen MR) is 198 cm³/mol. The number of fused-ring (bicyclic) bond motifs is 2. The summed E-state index contributed by atoms with van der Waals surface area (Å²) in [7, 11) is -0.677. The van der Waals surface area contributed by atoms with Gasteiger partial charge in [-0.25, -0.2) is 14.8 Å². The summed E-state index contributed by atoms with van der Waals surface area (Å²) in [5.74, 6) is 3.69. The Labute approximate surface area is 313 Å². The minimum atomic E-state index is -1.05. The molecule has 2 atom stereocenters. The molecule has 0 radical (unpaired) electrons. The molecule has 7 heterocycles. The number of nitrogens with one attached hydrogen (secondary N) is 2. The lowest BCUT2D eigenvalue weighted by molar-refractivity contribution is 0.0600. The van der Waals surface area contributed by atoms with Crippen molar-refractivity contribution in [1.82, 2.24) is 19.9 Å². The minimum absolute atomic E-state index is 0.0852. The molecule has 5 aliphatic heterocycles. The highest BCUT2D eigenvalue weighted by atomic mass is 35.5. The monoisotopic (exact) mass is 773 g/mol. The number of carbonyl (C=O) groups is 1. The van der Waals surface area contributed by atoms with Gasteiger partial charge in [-0.2, -0.15) is 9.97 Å². The van der Waals surface area contributed by atoms with Crippen LogP contribution in [0.4, 0.5) is 17.6 Å². The SMILES string of the molecule is COC(=O)c1ccc(OC2CCN(c3nc4c(c(NC5CCOCC5)n3)S(=O)CC4)CC2)cc1.O=S1CCc2nc(Cl)nc(NC3CCOCC3)c21. The van der Waals surface area contributed by atoms with E-state index in [0.717, 1.165) is 117 Å². The zero-order valence-corrected chi connectivity index (χ0v) is 31.5. The summed E-state index contributed by atoms with van der Waals surface area (Å²) in [6.45, 7) is 4.54. The highest BCUT2D eigenvalue weighted by Crippen LogP contribution is 2.33. The number of hydrogen-bond acceptors (Lipinski definition) is 14. The van der Waals surface area contributed by atoms with Gasteiger partial charge in [-0.3, -0.25) is 8.42 Å². The fourth-order valence-electron chi connectivity index (χ4n) is 6.91. The number of methoxy groups -OCH3 is 1. The second-order valence-electron chi connectivity index (χ2n) is 13.2. The molecular formula is C35H44ClN7O7S2. The van der Waals surface area contributed by atoms with E-state index in [1.165, 1.54) is 7.11 Å². The molecule has 3 saturated heterocycles. The number of halogens is 1. The Bertz CT molecular complexity index is 1780. The Kier molecular flexibility index (Phi) is 12.2. The number of ether oxygens (including phenoxy) is 4. The van der Waals surface area contributed by atoms with Crippen molar-refractivity contribution in [2.75, 3.05) is 73.7 Å². The third-order valence-electron chi connectivity index (χ3n) is 9.76. The van der Waals surface area contributed by atoms with E-state index in [0.29, 0.717) is 41.3 Å². The van der Waals surface area contributed by atoms with Crippen LogP contribution in [-0.2, 0) is 48.7 Å². The number of carbonyl (C=O) groups excluding carboxylic acids is 1. The Balaban J connectivity index is 0.000000196. The van der Waals surface area contributed by atoms with Crippen molar-refractivity contribution in [2.45, 2.75) is 79.3 Å². The Morgan fingerprint density at radius 2 is 1.33 bits per heavy atom.